The van der Waals surface area contributed by atoms with Crippen LogP contribution in [0.25, 0.3) is 0 Å². The minimum absolute atomic E-state index is 0.111. The van der Waals surface area contributed by atoms with E-state index in [0.29, 0.717) is 4.47 Å². The van der Waals surface area contributed by atoms with Crippen LogP contribution in [-0.4, -0.2) is 5.11 Å². The number of halogens is 2. The van der Waals surface area contributed by atoms with Crippen molar-refractivity contribution >= 4 is 15.9 Å². The Kier molecular flexibility index (Phi) is 2.85. The van der Waals surface area contributed by atoms with E-state index >= 15 is 0 Å². The standard InChI is InChI=1S/C9H6BrFO/c1-2-8(12)9-6(10)4-3-5-7(9)11/h1,3-5,8,12H/t8-/m0/s1. The molecule has 0 saturated carbocycles. The monoisotopic (exact) mass is 228 g/mol. The molecule has 0 heterocycles. The minimum Gasteiger partial charge on any atom is -0.376 e. The highest BCUT2D eigenvalue weighted by Crippen LogP contribution is 2.25. The number of hydrogen-bond donors (Lipinski definition) is 1. The third kappa shape index (κ3) is 1.66. The van der Waals surface area contributed by atoms with E-state index in [-0.39, 0.29) is 5.56 Å². The van der Waals surface area contributed by atoms with E-state index in [4.69, 9.17) is 6.42 Å². The van der Waals surface area contributed by atoms with E-state index in [1.807, 2.05) is 5.92 Å². The molecule has 0 bridgehead atoms. The van der Waals surface area contributed by atoms with Crippen molar-refractivity contribution in [2.75, 3.05) is 0 Å². The van der Waals surface area contributed by atoms with Crippen LogP contribution >= 0.6 is 15.9 Å². The van der Waals surface area contributed by atoms with Crippen LogP contribution in [0.3, 0.4) is 0 Å². The third-order valence-corrected chi connectivity index (χ3v) is 2.12. The summed E-state index contributed by atoms with van der Waals surface area (Å²) >= 11 is 3.09. The summed E-state index contributed by atoms with van der Waals surface area (Å²) in [5, 5.41) is 9.18. The van der Waals surface area contributed by atoms with Crippen LogP contribution in [0.5, 0.6) is 0 Å². The molecule has 1 atom stereocenters. The number of benzene rings is 1. The maximum Gasteiger partial charge on any atom is 0.143 e. The normalized spacial score (nSPS) is 12.2. The van der Waals surface area contributed by atoms with Crippen LogP contribution in [0.4, 0.5) is 4.39 Å². The highest BCUT2D eigenvalue weighted by Gasteiger charge is 2.12. The van der Waals surface area contributed by atoms with Gasteiger partial charge in [-0.05, 0) is 12.1 Å². The lowest BCUT2D eigenvalue weighted by Gasteiger charge is -2.06. The van der Waals surface area contributed by atoms with E-state index in [1.54, 1.807) is 6.07 Å². The number of terminal acetylenes is 1. The molecule has 1 nitrogen and oxygen atoms in total. The van der Waals surface area contributed by atoms with Gasteiger partial charge in [0.05, 0.1) is 0 Å². The predicted molar refractivity (Wildman–Crippen MR) is 47.9 cm³/mol. The number of aliphatic hydroxyl groups is 1. The highest BCUT2D eigenvalue weighted by molar-refractivity contribution is 9.10. The van der Waals surface area contributed by atoms with Crippen molar-refractivity contribution < 1.29 is 9.50 Å². The SMILES string of the molecule is C#C[C@H](O)c1c(F)cccc1Br. The Hall–Kier alpha value is -0.850. The first-order valence-electron chi connectivity index (χ1n) is 3.25. The van der Waals surface area contributed by atoms with Crippen LogP contribution in [0.15, 0.2) is 22.7 Å². The number of rotatable bonds is 1. The molecular formula is C9H6BrFO. The smallest absolute Gasteiger partial charge is 0.143 e. The highest BCUT2D eigenvalue weighted by atomic mass is 79.9. The van der Waals surface area contributed by atoms with Gasteiger partial charge in [0.15, 0.2) is 0 Å². The lowest BCUT2D eigenvalue weighted by molar-refractivity contribution is 0.232. The summed E-state index contributed by atoms with van der Waals surface area (Å²) in [5.74, 6) is 1.54. The molecular weight excluding hydrogens is 223 g/mol. The Morgan fingerprint density at radius 2 is 2.25 bits per heavy atom. The van der Waals surface area contributed by atoms with Gasteiger partial charge in [0.2, 0.25) is 0 Å². The van der Waals surface area contributed by atoms with E-state index in [1.165, 1.54) is 12.1 Å². The molecule has 0 amide bonds. The van der Waals surface area contributed by atoms with Crippen molar-refractivity contribution in [3.05, 3.63) is 34.1 Å². The van der Waals surface area contributed by atoms with Crippen molar-refractivity contribution in [1.82, 2.24) is 0 Å². The zero-order valence-corrected chi connectivity index (χ0v) is 7.68. The summed E-state index contributed by atoms with van der Waals surface area (Å²) in [6.07, 6.45) is 3.76. The molecule has 3 heteroatoms. The lowest BCUT2D eigenvalue weighted by Crippen LogP contribution is -1.98. The summed E-state index contributed by atoms with van der Waals surface area (Å²) < 4.78 is 13.5. The van der Waals surface area contributed by atoms with Crippen LogP contribution in [0, 0.1) is 18.2 Å². The first-order valence-corrected chi connectivity index (χ1v) is 4.04. The van der Waals surface area contributed by atoms with Gasteiger partial charge in [0.1, 0.15) is 11.9 Å². The van der Waals surface area contributed by atoms with E-state index in [9.17, 15) is 9.50 Å². The molecule has 0 spiro atoms. The number of aliphatic hydroxyl groups excluding tert-OH is 1. The van der Waals surface area contributed by atoms with Gasteiger partial charge >= 0.3 is 0 Å². The Morgan fingerprint density at radius 3 is 2.75 bits per heavy atom. The van der Waals surface area contributed by atoms with Crippen molar-refractivity contribution in [2.45, 2.75) is 6.10 Å². The first kappa shape index (κ1) is 9.24. The predicted octanol–water partition coefficient (Wildman–Crippen LogP) is 2.25. The second-order valence-electron chi connectivity index (χ2n) is 2.20. The third-order valence-electron chi connectivity index (χ3n) is 1.43. The molecule has 62 valence electrons. The van der Waals surface area contributed by atoms with Crippen LogP contribution in [-0.2, 0) is 0 Å². The topological polar surface area (TPSA) is 20.2 Å². The molecule has 0 aliphatic rings. The summed E-state index contributed by atoms with van der Waals surface area (Å²) in [4.78, 5) is 0. The van der Waals surface area contributed by atoms with Crippen molar-refractivity contribution in [3.63, 3.8) is 0 Å². The molecule has 1 N–H and O–H groups in total. The van der Waals surface area contributed by atoms with Gasteiger partial charge in [0, 0.05) is 10.0 Å². The largest absolute Gasteiger partial charge is 0.376 e. The molecule has 12 heavy (non-hydrogen) atoms. The molecule has 0 unspecified atom stereocenters. The fourth-order valence-corrected chi connectivity index (χ4v) is 1.41. The molecule has 0 aliphatic heterocycles. The van der Waals surface area contributed by atoms with Crippen LogP contribution in [0.1, 0.15) is 11.7 Å². The zero-order chi connectivity index (χ0) is 9.14. The van der Waals surface area contributed by atoms with E-state index in [0.717, 1.165) is 0 Å². The lowest BCUT2D eigenvalue weighted by atomic mass is 10.1. The molecule has 0 fully saturated rings. The minimum atomic E-state index is -1.19. The van der Waals surface area contributed by atoms with Gasteiger partial charge in [-0.3, -0.25) is 0 Å². The Balaban J connectivity index is 3.23. The van der Waals surface area contributed by atoms with Gasteiger partial charge in [0.25, 0.3) is 0 Å². The van der Waals surface area contributed by atoms with Gasteiger partial charge in [-0.1, -0.05) is 27.9 Å². The molecule has 1 rings (SSSR count). The van der Waals surface area contributed by atoms with Gasteiger partial charge in [-0.15, -0.1) is 6.42 Å². The van der Waals surface area contributed by atoms with Crippen molar-refractivity contribution in [3.8, 4) is 12.3 Å². The van der Waals surface area contributed by atoms with Gasteiger partial charge in [-0.25, -0.2) is 4.39 Å². The average Bonchev–Trinajstić information content (AvgIpc) is 2.03. The average molecular weight is 229 g/mol. The van der Waals surface area contributed by atoms with Gasteiger partial charge < -0.3 is 5.11 Å². The molecule has 0 aliphatic carbocycles. The molecule has 0 aromatic heterocycles. The Bertz CT molecular complexity index is 310. The summed E-state index contributed by atoms with van der Waals surface area (Å²) in [6.45, 7) is 0. The van der Waals surface area contributed by atoms with Crippen molar-refractivity contribution in [2.24, 2.45) is 0 Å². The first-order chi connectivity index (χ1) is 5.66. The maximum absolute atomic E-state index is 13.0. The quantitative estimate of drug-likeness (QED) is 0.732. The van der Waals surface area contributed by atoms with Crippen molar-refractivity contribution in [1.29, 1.82) is 0 Å². The van der Waals surface area contributed by atoms with Crippen LogP contribution in [0.2, 0.25) is 0 Å². The molecule has 0 saturated heterocycles. The van der Waals surface area contributed by atoms with Gasteiger partial charge in [-0.2, -0.15) is 0 Å². The summed E-state index contributed by atoms with van der Waals surface area (Å²) in [6, 6.07) is 4.41. The number of hydrogen-bond acceptors (Lipinski definition) is 1. The fraction of sp³-hybridized carbons (Fsp3) is 0.111. The Morgan fingerprint density at radius 1 is 1.58 bits per heavy atom. The van der Waals surface area contributed by atoms with E-state index < -0.39 is 11.9 Å². The van der Waals surface area contributed by atoms with Crippen LogP contribution < -0.4 is 0 Å². The molecule has 0 radical (unpaired) electrons. The molecule has 1 aromatic rings. The fourth-order valence-electron chi connectivity index (χ4n) is 0.855. The molecule has 1 aromatic carbocycles. The second-order valence-corrected chi connectivity index (χ2v) is 3.06. The Labute approximate surface area is 78.4 Å². The maximum atomic E-state index is 13.0. The summed E-state index contributed by atoms with van der Waals surface area (Å²) in [5.41, 5.74) is 0.111. The second kappa shape index (κ2) is 3.70. The zero-order valence-electron chi connectivity index (χ0n) is 6.09. The van der Waals surface area contributed by atoms with E-state index in [2.05, 4.69) is 15.9 Å². The summed E-state index contributed by atoms with van der Waals surface area (Å²) in [7, 11) is 0.